The lowest BCUT2D eigenvalue weighted by molar-refractivity contribution is -0.244. The van der Waals surface area contributed by atoms with E-state index in [0.717, 1.165) is 11.3 Å². The number of benzene rings is 1. The molecule has 0 fully saturated rings. The Morgan fingerprint density at radius 2 is 1.88 bits per heavy atom. The third kappa shape index (κ3) is 1.83. The highest BCUT2D eigenvalue weighted by Gasteiger charge is 2.47. The Morgan fingerprint density at radius 1 is 1.25 bits per heavy atom. The van der Waals surface area contributed by atoms with E-state index in [1.54, 1.807) is 0 Å². The zero-order valence-electron chi connectivity index (χ0n) is 9.90. The summed E-state index contributed by atoms with van der Waals surface area (Å²) in [5.41, 5.74) is 1.45. The van der Waals surface area contributed by atoms with Gasteiger partial charge in [0.05, 0.1) is 12.1 Å². The molecule has 1 aliphatic rings. The van der Waals surface area contributed by atoms with Gasteiger partial charge in [0.25, 0.3) is 0 Å². The molecule has 2 rings (SSSR count). The number of hydrogen-bond donors (Lipinski definition) is 1. The zero-order chi connectivity index (χ0) is 11.8. The molecule has 1 N–H and O–H groups in total. The first-order chi connectivity index (χ1) is 7.42. The summed E-state index contributed by atoms with van der Waals surface area (Å²) in [6, 6.07) is 9.79. The van der Waals surface area contributed by atoms with Crippen molar-refractivity contribution in [2.24, 2.45) is 10.6 Å². The van der Waals surface area contributed by atoms with Gasteiger partial charge in [-0.25, -0.2) is 0 Å². The second kappa shape index (κ2) is 3.59. The van der Waals surface area contributed by atoms with Crippen molar-refractivity contribution >= 4 is 5.71 Å². The van der Waals surface area contributed by atoms with Crippen LogP contribution < -0.4 is 0 Å². The average molecular weight is 219 g/mol. The third-order valence-corrected chi connectivity index (χ3v) is 2.99. The largest absolute Gasteiger partial charge is 0.359 e. The predicted molar refractivity (Wildman–Crippen MR) is 63.1 cm³/mol. The van der Waals surface area contributed by atoms with Crippen molar-refractivity contribution in [1.82, 2.24) is 0 Å². The highest BCUT2D eigenvalue weighted by Crippen LogP contribution is 2.39. The molecule has 0 aromatic heterocycles. The van der Waals surface area contributed by atoms with Crippen LogP contribution in [-0.2, 0) is 4.84 Å². The fraction of sp³-hybridized carbons (Fsp3) is 0.462. The molecule has 16 heavy (non-hydrogen) atoms. The Hall–Kier alpha value is -1.35. The van der Waals surface area contributed by atoms with Gasteiger partial charge in [-0.3, -0.25) is 0 Å². The van der Waals surface area contributed by atoms with E-state index >= 15 is 0 Å². The topological polar surface area (TPSA) is 41.8 Å². The Labute approximate surface area is 95.7 Å². The van der Waals surface area contributed by atoms with Gasteiger partial charge in [-0.05, 0) is 5.56 Å². The average Bonchev–Trinajstić information content (AvgIpc) is 2.63. The first-order valence-corrected chi connectivity index (χ1v) is 5.45. The van der Waals surface area contributed by atoms with E-state index in [0.29, 0.717) is 6.42 Å². The van der Waals surface area contributed by atoms with E-state index in [2.05, 4.69) is 5.16 Å². The maximum Gasteiger partial charge on any atom is 0.245 e. The molecular formula is C13H17NO2. The number of oxime groups is 1. The fourth-order valence-electron chi connectivity index (χ4n) is 1.61. The maximum atomic E-state index is 10.3. The van der Waals surface area contributed by atoms with Gasteiger partial charge in [0.2, 0.25) is 5.79 Å². The van der Waals surface area contributed by atoms with Crippen LogP contribution in [-0.4, -0.2) is 16.6 Å². The lowest BCUT2D eigenvalue weighted by Gasteiger charge is -2.33. The molecule has 3 heteroatoms. The van der Waals surface area contributed by atoms with E-state index in [-0.39, 0.29) is 5.41 Å². The summed E-state index contributed by atoms with van der Waals surface area (Å²) < 4.78 is 0. The molecule has 0 radical (unpaired) electrons. The van der Waals surface area contributed by atoms with Crippen LogP contribution in [0.1, 0.15) is 32.8 Å². The molecule has 86 valence electrons. The molecule has 0 saturated heterocycles. The van der Waals surface area contributed by atoms with Crippen LogP contribution in [0.2, 0.25) is 0 Å². The summed E-state index contributed by atoms with van der Waals surface area (Å²) in [5, 5.41) is 14.3. The minimum absolute atomic E-state index is 0.354. The quantitative estimate of drug-likeness (QED) is 0.788. The molecular weight excluding hydrogens is 202 g/mol. The minimum Gasteiger partial charge on any atom is -0.359 e. The van der Waals surface area contributed by atoms with E-state index in [1.807, 2.05) is 51.1 Å². The van der Waals surface area contributed by atoms with Gasteiger partial charge in [-0.1, -0.05) is 56.3 Å². The van der Waals surface area contributed by atoms with Crippen LogP contribution >= 0.6 is 0 Å². The summed E-state index contributed by atoms with van der Waals surface area (Å²) in [5.74, 6) is -1.20. The molecule has 1 heterocycles. The van der Waals surface area contributed by atoms with Crippen LogP contribution in [0.4, 0.5) is 0 Å². The Balaban J connectivity index is 2.20. The lowest BCUT2D eigenvalue weighted by Crippen LogP contribution is -2.42. The molecule has 1 aliphatic heterocycles. The molecule has 0 aliphatic carbocycles. The molecule has 0 amide bonds. The van der Waals surface area contributed by atoms with Gasteiger partial charge in [-0.15, -0.1) is 0 Å². The molecule has 1 aromatic carbocycles. The number of rotatable bonds is 1. The molecule has 0 unspecified atom stereocenters. The summed E-state index contributed by atoms with van der Waals surface area (Å²) in [4.78, 5) is 5.22. The van der Waals surface area contributed by atoms with Crippen molar-refractivity contribution in [1.29, 1.82) is 0 Å². The number of aliphatic hydroxyl groups is 1. The predicted octanol–water partition coefficient (Wildman–Crippen LogP) is 2.55. The maximum absolute atomic E-state index is 10.3. The van der Waals surface area contributed by atoms with E-state index in [9.17, 15) is 5.11 Å². The molecule has 3 nitrogen and oxygen atoms in total. The molecule has 1 atom stereocenters. The van der Waals surface area contributed by atoms with Crippen molar-refractivity contribution in [3.63, 3.8) is 0 Å². The van der Waals surface area contributed by atoms with Crippen LogP contribution in [0.5, 0.6) is 0 Å². The van der Waals surface area contributed by atoms with Gasteiger partial charge in [0.1, 0.15) is 0 Å². The Kier molecular flexibility index (Phi) is 2.50. The molecule has 0 bridgehead atoms. The smallest absolute Gasteiger partial charge is 0.245 e. The fourth-order valence-corrected chi connectivity index (χ4v) is 1.61. The molecule has 0 saturated carbocycles. The number of nitrogens with zero attached hydrogens (tertiary/aromatic N) is 1. The second-order valence-electron chi connectivity index (χ2n) is 5.21. The highest BCUT2D eigenvalue weighted by molar-refractivity contribution is 6.01. The van der Waals surface area contributed by atoms with Crippen molar-refractivity contribution in [2.75, 3.05) is 0 Å². The van der Waals surface area contributed by atoms with Crippen LogP contribution in [0.25, 0.3) is 0 Å². The first kappa shape index (κ1) is 11.1. The highest BCUT2D eigenvalue weighted by atomic mass is 16.7. The monoisotopic (exact) mass is 219 g/mol. The van der Waals surface area contributed by atoms with E-state index in [1.165, 1.54) is 0 Å². The van der Waals surface area contributed by atoms with Crippen molar-refractivity contribution in [2.45, 2.75) is 33.0 Å². The lowest BCUT2D eigenvalue weighted by atomic mass is 9.82. The molecule has 0 spiro atoms. The first-order valence-electron chi connectivity index (χ1n) is 5.45. The van der Waals surface area contributed by atoms with Gasteiger partial charge in [-0.2, -0.15) is 0 Å². The van der Waals surface area contributed by atoms with E-state index in [4.69, 9.17) is 4.84 Å². The van der Waals surface area contributed by atoms with Gasteiger partial charge < -0.3 is 9.94 Å². The van der Waals surface area contributed by atoms with E-state index < -0.39 is 5.79 Å². The van der Waals surface area contributed by atoms with Crippen molar-refractivity contribution in [3.05, 3.63) is 35.9 Å². The van der Waals surface area contributed by atoms with Gasteiger partial charge in [0, 0.05) is 5.41 Å². The van der Waals surface area contributed by atoms with Crippen LogP contribution in [0, 0.1) is 5.41 Å². The second-order valence-corrected chi connectivity index (χ2v) is 5.21. The summed E-state index contributed by atoms with van der Waals surface area (Å²) >= 11 is 0. The number of hydrogen-bond acceptors (Lipinski definition) is 3. The van der Waals surface area contributed by atoms with Crippen LogP contribution in [0.3, 0.4) is 0 Å². The SMILES string of the molecule is CC(C)(C)[C@@]1(O)CC(c2ccccc2)=NO1. The van der Waals surface area contributed by atoms with Gasteiger partial charge >= 0.3 is 0 Å². The third-order valence-electron chi connectivity index (χ3n) is 2.99. The van der Waals surface area contributed by atoms with Crippen molar-refractivity contribution in [3.8, 4) is 0 Å². The standard InChI is InChI=1S/C13H17NO2/c1-12(2,3)13(15)9-11(14-16-13)10-7-5-4-6-8-10/h4-8,15H,9H2,1-3H3/t13-/m1/s1. The minimum atomic E-state index is -1.20. The van der Waals surface area contributed by atoms with Crippen molar-refractivity contribution < 1.29 is 9.94 Å². The normalized spacial score (nSPS) is 25.1. The summed E-state index contributed by atoms with van der Waals surface area (Å²) in [7, 11) is 0. The summed E-state index contributed by atoms with van der Waals surface area (Å²) in [6.45, 7) is 5.82. The molecule has 1 aromatic rings. The summed E-state index contributed by atoms with van der Waals surface area (Å²) in [6.07, 6.45) is 0.431. The Bertz CT molecular complexity index is 406. The Morgan fingerprint density at radius 3 is 2.38 bits per heavy atom. The zero-order valence-corrected chi connectivity index (χ0v) is 9.90. The van der Waals surface area contributed by atoms with Crippen LogP contribution in [0.15, 0.2) is 35.5 Å². The van der Waals surface area contributed by atoms with Gasteiger partial charge in [0.15, 0.2) is 0 Å².